The molecule has 3 aliphatic rings. The summed E-state index contributed by atoms with van der Waals surface area (Å²) in [5, 5.41) is 3.52. The highest BCUT2D eigenvalue weighted by atomic mass is 19.1. The van der Waals surface area contributed by atoms with Crippen molar-refractivity contribution in [1.82, 2.24) is 19.9 Å². The molecule has 3 heterocycles. The lowest BCUT2D eigenvalue weighted by atomic mass is 9.90. The number of pyridine rings is 1. The second-order valence-electron chi connectivity index (χ2n) is 10.7. The third kappa shape index (κ3) is 6.93. The lowest BCUT2D eigenvalue weighted by Gasteiger charge is -2.37. The monoisotopic (exact) mass is 514 g/mol. The average Bonchev–Trinajstić information content (AvgIpc) is 3.76. The summed E-state index contributed by atoms with van der Waals surface area (Å²) in [4.78, 5) is 15.7. The van der Waals surface area contributed by atoms with E-state index in [2.05, 4.69) is 25.2 Å². The third-order valence-electron chi connectivity index (χ3n) is 7.83. The number of ether oxygens (including phenoxy) is 3. The van der Waals surface area contributed by atoms with E-state index in [0.717, 1.165) is 57.7 Å². The van der Waals surface area contributed by atoms with Crippen LogP contribution < -0.4 is 15.8 Å². The minimum absolute atomic E-state index is 0.312. The smallest absolute Gasteiger partial charge is 0.232 e. The fraction of sp³-hybridized carbons (Fsp3) is 0.667. The summed E-state index contributed by atoms with van der Waals surface area (Å²) in [6.07, 6.45) is 12.8. The Hall–Kier alpha value is -2.40. The molecule has 37 heavy (non-hydrogen) atoms. The van der Waals surface area contributed by atoms with Gasteiger partial charge in [0.25, 0.3) is 0 Å². The lowest BCUT2D eigenvalue weighted by molar-refractivity contribution is 0.0335. The summed E-state index contributed by atoms with van der Waals surface area (Å²) >= 11 is 0. The highest BCUT2D eigenvalue weighted by molar-refractivity contribution is 5.63. The average molecular weight is 515 g/mol. The van der Waals surface area contributed by atoms with Crippen molar-refractivity contribution in [1.29, 1.82) is 0 Å². The Morgan fingerprint density at radius 1 is 1.11 bits per heavy atom. The van der Waals surface area contributed by atoms with Crippen LogP contribution in [0.1, 0.15) is 51.4 Å². The first-order valence-electron chi connectivity index (χ1n) is 13.5. The van der Waals surface area contributed by atoms with Crippen molar-refractivity contribution < 1.29 is 18.6 Å². The molecule has 1 saturated heterocycles. The number of anilines is 1. The number of methoxy groups -OCH3 is 1. The van der Waals surface area contributed by atoms with E-state index in [1.54, 1.807) is 19.4 Å². The fourth-order valence-corrected chi connectivity index (χ4v) is 5.43. The molecule has 9 nitrogen and oxygen atoms in total. The molecule has 202 valence electrons. The van der Waals surface area contributed by atoms with E-state index in [-0.39, 0.29) is 0 Å². The molecule has 2 aromatic rings. The highest BCUT2D eigenvalue weighted by Crippen LogP contribution is 2.34. The molecule has 0 amide bonds. The van der Waals surface area contributed by atoms with Crippen LogP contribution in [0.2, 0.25) is 0 Å². The van der Waals surface area contributed by atoms with Crippen LogP contribution in [0.5, 0.6) is 5.88 Å². The number of nitrogens with two attached hydrogens (primary N) is 1. The van der Waals surface area contributed by atoms with Crippen molar-refractivity contribution in [2.24, 2.45) is 5.73 Å². The van der Waals surface area contributed by atoms with Crippen LogP contribution in [0.3, 0.4) is 0 Å². The van der Waals surface area contributed by atoms with Gasteiger partial charge in [-0.05, 0) is 57.4 Å². The van der Waals surface area contributed by atoms with Gasteiger partial charge in [-0.15, -0.1) is 0 Å². The van der Waals surface area contributed by atoms with Gasteiger partial charge in [0.1, 0.15) is 12.4 Å². The zero-order valence-electron chi connectivity index (χ0n) is 21.7. The maximum absolute atomic E-state index is 14.8. The van der Waals surface area contributed by atoms with Gasteiger partial charge < -0.3 is 25.3 Å². The number of aromatic nitrogens is 3. The van der Waals surface area contributed by atoms with Gasteiger partial charge in [-0.1, -0.05) is 0 Å². The van der Waals surface area contributed by atoms with Crippen LogP contribution in [0.4, 0.5) is 10.2 Å². The van der Waals surface area contributed by atoms with Crippen LogP contribution in [-0.4, -0.2) is 83.6 Å². The Kier molecular flexibility index (Phi) is 8.49. The SMILES string of the molecule is COCCN(C1CC1)[C@H]1CC[C@H](Nc2cc(-c3cncc(OCC4(N)CCOCC4)n3)c(F)cn2)CC1. The molecule has 5 rings (SSSR count). The molecular formula is C27H39FN6O3. The Labute approximate surface area is 218 Å². The van der Waals surface area contributed by atoms with Gasteiger partial charge in [-0.2, -0.15) is 0 Å². The van der Waals surface area contributed by atoms with Crippen molar-refractivity contribution in [3.63, 3.8) is 0 Å². The largest absolute Gasteiger partial charge is 0.475 e. The first kappa shape index (κ1) is 26.2. The predicted molar refractivity (Wildman–Crippen MR) is 139 cm³/mol. The minimum Gasteiger partial charge on any atom is -0.475 e. The number of hydrogen-bond acceptors (Lipinski definition) is 9. The quantitative estimate of drug-likeness (QED) is 0.466. The molecule has 10 heteroatoms. The highest BCUT2D eigenvalue weighted by Gasteiger charge is 2.35. The lowest BCUT2D eigenvalue weighted by Crippen LogP contribution is -2.49. The minimum atomic E-state index is -0.451. The second kappa shape index (κ2) is 12.0. The van der Waals surface area contributed by atoms with Crippen LogP contribution >= 0.6 is 0 Å². The molecule has 1 aliphatic heterocycles. The second-order valence-corrected chi connectivity index (χ2v) is 10.7. The Morgan fingerprint density at radius 2 is 1.84 bits per heavy atom. The number of nitrogens with one attached hydrogen (secondary N) is 1. The standard InChI is InChI=1S/C27H39FN6O3/c1-35-13-10-34(21-6-7-21)20-4-2-19(3-5-20)32-25-14-22(23(28)15-31-25)24-16-30-17-26(33-24)37-18-27(29)8-11-36-12-9-27/h14-17,19-21H,2-13,18,29H2,1H3,(H,31,32)/t19-,20-. The first-order chi connectivity index (χ1) is 18.0. The van der Waals surface area contributed by atoms with E-state index in [9.17, 15) is 4.39 Å². The zero-order chi connectivity index (χ0) is 25.7. The molecule has 0 radical (unpaired) electrons. The topological polar surface area (TPSA) is 108 Å². The van der Waals surface area contributed by atoms with Gasteiger partial charge in [0.15, 0.2) is 5.82 Å². The third-order valence-corrected chi connectivity index (χ3v) is 7.83. The van der Waals surface area contributed by atoms with Crippen LogP contribution in [0.25, 0.3) is 11.3 Å². The van der Waals surface area contributed by atoms with E-state index in [0.29, 0.717) is 54.9 Å². The van der Waals surface area contributed by atoms with Crippen LogP contribution in [0, 0.1) is 5.82 Å². The molecule has 2 saturated carbocycles. The molecule has 2 aliphatic carbocycles. The van der Waals surface area contributed by atoms with Crippen molar-refractivity contribution in [3.05, 3.63) is 30.5 Å². The molecule has 3 N–H and O–H groups in total. The maximum Gasteiger partial charge on any atom is 0.232 e. The summed E-state index contributed by atoms with van der Waals surface area (Å²) < 4.78 is 31.4. The van der Waals surface area contributed by atoms with E-state index in [1.807, 2.05) is 0 Å². The summed E-state index contributed by atoms with van der Waals surface area (Å²) in [7, 11) is 1.77. The molecule has 0 spiro atoms. The summed E-state index contributed by atoms with van der Waals surface area (Å²) in [5.41, 5.74) is 6.71. The normalized spacial score (nSPS) is 23.7. The van der Waals surface area contributed by atoms with Crippen molar-refractivity contribution >= 4 is 5.82 Å². The van der Waals surface area contributed by atoms with Gasteiger partial charge >= 0.3 is 0 Å². The molecule has 0 bridgehead atoms. The molecule has 0 atom stereocenters. The molecule has 2 aromatic heterocycles. The van der Waals surface area contributed by atoms with Gasteiger partial charge in [-0.25, -0.2) is 14.4 Å². The van der Waals surface area contributed by atoms with E-state index in [4.69, 9.17) is 19.9 Å². The predicted octanol–water partition coefficient (Wildman–Crippen LogP) is 3.40. The number of hydrogen-bond donors (Lipinski definition) is 2. The van der Waals surface area contributed by atoms with Crippen molar-refractivity contribution in [3.8, 4) is 17.1 Å². The first-order valence-corrected chi connectivity index (χ1v) is 13.5. The van der Waals surface area contributed by atoms with Gasteiger partial charge in [0, 0.05) is 50.6 Å². The summed E-state index contributed by atoms with van der Waals surface area (Å²) in [6.45, 7) is 3.35. The van der Waals surface area contributed by atoms with Crippen molar-refractivity contribution in [2.75, 3.05) is 45.4 Å². The fourth-order valence-electron chi connectivity index (χ4n) is 5.43. The van der Waals surface area contributed by atoms with E-state index >= 15 is 0 Å². The van der Waals surface area contributed by atoms with E-state index < -0.39 is 11.4 Å². The molecule has 3 fully saturated rings. The van der Waals surface area contributed by atoms with Gasteiger partial charge in [0.05, 0.1) is 36.4 Å². The summed E-state index contributed by atoms with van der Waals surface area (Å²) in [5.74, 6) is 0.528. The number of rotatable bonds is 11. The Morgan fingerprint density at radius 3 is 2.54 bits per heavy atom. The van der Waals surface area contributed by atoms with E-state index in [1.165, 1.54) is 25.2 Å². The molecule has 0 aromatic carbocycles. The molecular weight excluding hydrogens is 475 g/mol. The Balaban J connectivity index is 1.19. The zero-order valence-corrected chi connectivity index (χ0v) is 21.7. The van der Waals surface area contributed by atoms with Gasteiger partial charge in [-0.3, -0.25) is 9.88 Å². The maximum atomic E-state index is 14.8. The van der Waals surface area contributed by atoms with Crippen LogP contribution in [0.15, 0.2) is 24.7 Å². The Bertz CT molecular complexity index is 1020. The number of halogens is 1. The van der Waals surface area contributed by atoms with Crippen molar-refractivity contribution in [2.45, 2.75) is 75.0 Å². The van der Waals surface area contributed by atoms with Crippen LogP contribution in [-0.2, 0) is 9.47 Å². The van der Waals surface area contributed by atoms with Gasteiger partial charge in [0.2, 0.25) is 5.88 Å². The summed E-state index contributed by atoms with van der Waals surface area (Å²) in [6, 6.07) is 3.38. The molecule has 0 unspecified atom stereocenters. The number of nitrogens with zero attached hydrogens (tertiary/aromatic N) is 4.